The predicted octanol–water partition coefficient (Wildman–Crippen LogP) is 2.79. The first-order valence-corrected chi connectivity index (χ1v) is 7.53. The summed E-state index contributed by atoms with van der Waals surface area (Å²) in [5, 5.41) is 0. The Morgan fingerprint density at radius 3 is 2.44 bits per heavy atom. The molecule has 0 saturated carbocycles. The number of Topliss-reactive ketones (excluding diaryl/α,β-unsaturated/α-hetero) is 1. The quantitative estimate of drug-likeness (QED) is 0.619. The van der Waals surface area contributed by atoms with Crippen LogP contribution < -0.4 is 0 Å². The Kier molecular flexibility index (Phi) is 4.50. The van der Waals surface area contributed by atoms with Crippen LogP contribution in [-0.4, -0.2) is 24.2 Å². The minimum absolute atomic E-state index is 0.0381. The van der Waals surface area contributed by atoms with Crippen LogP contribution in [0.4, 0.5) is 4.39 Å². The van der Waals surface area contributed by atoms with Crippen LogP contribution in [0.5, 0.6) is 0 Å². The van der Waals surface area contributed by atoms with Crippen molar-refractivity contribution in [1.82, 2.24) is 0 Å². The molecule has 0 aromatic heterocycles. The van der Waals surface area contributed by atoms with E-state index in [-0.39, 0.29) is 17.7 Å². The first kappa shape index (κ1) is 15.1. The van der Waals surface area contributed by atoms with Gasteiger partial charge in [0.1, 0.15) is 5.82 Å². The standard InChI is InChI=1S/C12H14ClFO3S/c1-3-12(13,18(16,17)4-2)11(15)9-6-5-7-10(14)8-9/h5-8H,3-4H2,1-2H3/t12-/m0/s1. The summed E-state index contributed by atoms with van der Waals surface area (Å²) in [6, 6.07) is 4.85. The number of hydrogen-bond donors (Lipinski definition) is 0. The van der Waals surface area contributed by atoms with Crippen LogP contribution in [0.3, 0.4) is 0 Å². The highest BCUT2D eigenvalue weighted by atomic mass is 35.5. The summed E-state index contributed by atoms with van der Waals surface area (Å²) in [5.74, 6) is -1.64. The highest BCUT2D eigenvalue weighted by Crippen LogP contribution is 2.32. The van der Waals surface area contributed by atoms with E-state index in [0.29, 0.717) is 0 Å². The van der Waals surface area contributed by atoms with Gasteiger partial charge >= 0.3 is 0 Å². The molecule has 1 atom stereocenters. The maximum Gasteiger partial charge on any atom is 0.207 e. The van der Waals surface area contributed by atoms with Crippen molar-refractivity contribution < 1.29 is 17.6 Å². The van der Waals surface area contributed by atoms with Crippen LogP contribution >= 0.6 is 11.6 Å². The number of carbonyl (C=O) groups is 1. The number of benzene rings is 1. The van der Waals surface area contributed by atoms with E-state index in [2.05, 4.69) is 0 Å². The van der Waals surface area contributed by atoms with Gasteiger partial charge in [-0.25, -0.2) is 12.8 Å². The molecule has 0 bridgehead atoms. The summed E-state index contributed by atoms with van der Waals surface area (Å²) in [7, 11) is -3.78. The molecule has 0 amide bonds. The third-order valence-electron chi connectivity index (χ3n) is 2.75. The molecular weight excluding hydrogens is 279 g/mol. The Balaban J connectivity index is 3.31. The fraction of sp³-hybridized carbons (Fsp3) is 0.417. The largest absolute Gasteiger partial charge is 0.291 e. The molecule has 100 valence electrons. The topological polar surface area (TPSA) is 51.2 Å². The fourth-order valence-electron chi connectivity index (χ4n) is 1.60. The van der Waals surface area contributed by atoms with E-state index in [1.54, 1.807) is 0 Å². The molecular formula is C12H14ClFO3S. The number of ketones is 1. The maximum atomic E-state index is 13.1. The number of rotatable bonds is 5. The van der Waals surface area contributed by atoms with E-state index in [1.807, 2.05) is 0 Å². The van der Waals surface area contributed by atoms with Crippen LogP contribution in [0.2, 0.25) is 0 Å². The van der Waals surface area contributed by atoms with Gasteiger partial charge in [0.2, 0.25) is 4.21 Å². The summed E-state index contributed by atoms with van der Waals surface area (Å²) in [5.41, 5.74) is -0.0381. The second-order valence-corrected chi connectivity index (χ2v) is 7.20. The second-order valence-electron chi connectivity index (χ2n) is 3.82. The molecule has 0 aliphatic carbocycles. The Labute approximate surface area is 111 Å². The van der Waals surface area contributed by atoms with Gasteiger partial charge in [0.05, 0.1) is 0 Å². The number of halogens is 2. The van der Waals surface area contributed by atoms with E-state index < -0.39 is 25.6 Å². The highest BCUT2D eigenvalue weighted by molar-refractivity contribution is 7.95. The van der Waals surface area contributed by atoms with Gasteiger partial charge in [-0.05, 0) is 18.6 Å². The van der Waals surface area contributed by atoms with Gasteiger partial charge in [-0.1, -0.05) is 37.6 Å². The van der Waals surface area contributed by atoms with Crippen LogP contribution in [0.1, 0.15) is 30.6 Å². The van der Waals surface area contributed by atoms with Crippen molar-refractivity contribution in [3.63, 3.8) is 0 Å². The number of carbonyl (C=O) groups excluding carboxylic acids is 1. The maximum absolute atomic E-state index is 13.1. The first-order valence-electron chi connectivity index (χ1n) is 5.50. The van der Waals surface area contributed by atoms with Crippen LogP contribution in [0.15, 0.2) is 24.3 Å². The van der Waals surface area contributed by atoms with Crippen molar-refractivity contribution in [2.75, 3.05) is 5.75 Å². The third-order valence-corrected chi connectivity index (χ3v) is 6.12. The van der Waals surface area contributed by atoms with Crippen molar-refractivity contribution >= 4 is 27.2 Å². The zero-order valence-corrected chi connectivity index (χ0v) is 11.7. The molecule has 6 heteroatoms. The molecule has 0 spiro atoms. The molecule has 0 saturated heterocycles. The Hall–Kier alpha value is -0.940. The summed E-state index contributed by atoms with van der Waals surface area (Å²) in [6.07, 6.45) is -0.0694. The van der Waals surface area contributed by atoms with Gasteiger partial charge in [0, 0.05) is 11.3 Å². The highest BCUT2D eigenvalue weighted by Gasteiger charge is 2.46. The molecule has 0 radical (unpaired) electrons. The second kappa shape index (κ2) is 5.36. The Morgan fingerprint density at radius 2 is 2.00 bits per heavy atom. The molecule has 0 fully saturated rings. The van der Waals surface area contributed by atoms with Crippen LogP contribution in [-0.2, 0) is 9.84 Å². The van der Waals surface area contributed by atoms with Gasteiger partial charge in [-0.3, -0.25) is 4.79 Å². The van der Waals surface area contributed by atoms with E-state index in [9.17, 15) is 17.6 Å². The van der Waals surface area contributed by atoms with Crippen LogP contribution in [0.25, 0.3) is 0 Å². The predicted molar refractivity (Wildman–Crippen MR) is 69.1 cm³/mol. The van der Waals surface area contributed by atoms with E-state index in [0.717, 1.165) is 6.07 Å². The molecule has 0 aliphatic rings. The zero-order valence-electron chi connectivity index (χ0n) is 10.1. The molecule has 1 aromatic carbocycles. The van der Waals surface area contributed by atoms with Crippen molar-refractivity contribution in [3.8, 4) is 0 Å². The van der Waals surface area contributed by atoms with Gasteiger partial charge in [-0.15, -0.1) is 0 Å². The lowest BCUT2D eigenvalue weighted by atomic mass is 10.1. The van der Waals surface area contributed by atoms with E-state index >= 15 is 0 Å². The van der Waals surface area contributed by atoms with Crippen molar-refractivity contribution in [3.05, 3.63) is 35.6 Å². The van der Waals surface area contributed by atoms with Gasteiger partial charge in [0.15, 0.2) is 15.6 Å². The van der Waals surface area contributed by atoms with E-state index in [4.69, 9.17) is 11.6 Å². The van der Waals surface area contributed by atoms with Gasteiger partial charge < -0.3 is 0 Å². The number of alkyl halides is 1. The summed E-state index contributed by atoms with van der Waals surface area (Å²) in [6.45, 7) is 2.93. The monoisotopic (exact) mass is 292 g/mol. The minimum Gasteiger partial charge on any atom is -0.291 e. The molecule has 3 nitrogen and oxygen atoms in total. The zero-order chi connectivity index (χ0) is 14.0. The van der Waals surface area contributed by atoms with Crippen LogP contribution in [0, 0.1) is 5.82 Å². The van der Waals surface area contributed by atoms with Gasteiger partial charge in [-0.2, -0.15) is 0 Å². The van der Waals surface area contributed by atoms with E-state index in [1.165, 1.54) is 32.0 Å². The summed E-state index contributed by atoms with van der Waals surface area (Å²) >= 11 is 5.99. The molecule has 0 N–H and O–H groups in total. The minimum atomic E-state index is -3.78. The first-order chi connectivity index (χ1) is 8.28. The smallest absolute Gasteiger partial charge is 0.207 e. The average molecular weight is 293 g/mol. The summed E-state index contributed by atoms with van der Waals surface area (Å²) < 4.78 is 34.8. The fourth-order valence-corrected chi connectivity index (χ4v) is 3.33. The average Bonchev–Trinajstić information content (AvgIpc) is 2.36. The normalized spacial score (nSPS) is 15.1. The Bertz CT molecular complexity index is 556. The van der Waals surface area contributed by atoms with Crippen molar-refractivity contribution in [2.45, 2.75) is 24.5 Å². The molecule has 0 unspecified atom stereocenters. The molecule has 0 heterocycles. The van der Waals surface area contributed by atoms with Crippen molar-refractivity contribution in [2.24, 2.45) is 0 Å². The lowest BCUT2D eigenvalue weighted by molar-refractivity contribution is 0.0970. The van der Waals surface area contributed by atoms with Gasteiger partial charge in [0.25, 0.3) is 0 Å². The SMILES string of the molecule is CC[C@@](Cl)(C(=O)c1cccc(F)c1)S(=O)(=O)CC. The third kappa shape index (κ3) is 2.57. The lowest BCUT2D eigenvalue weighted by Gasteiger charge is -2.23. The number of hydrogen-bond acceptors (Lipinski definition) is 3. The Morgan fingerprint density at radius 1 is 1.39 bits per heavy atom. The van der Waals surface area contributed by atoms with Crippen molar-refractivity contribution in [1.29, 1.82) is 0 Å². The summed E-state index contributed by atoms with van der Waals surface area (Å²) in [4.78, 5) is 12.2. The molecule has 1 aromatic rings. The number of sulfone groups is 1. The molecule has 0 aliphatic heterocycles. The molecule has 18 heavy (non-hydrogen) atoms. The molecule has 1 rings (SSSR count). The lowest BCUT2D eigenvalue weighted by Crippen LogP contribution is -2.41.